The van der Waals surface area contributed by atoms with Crippen molar-refractivity contribution >= 4 is 40.2 Å². The summed E-state index contributed by atoms with van der Waals surface area (Å²) in [4.78, 5) is 48.3. The van der Waals surface area contributed by atoms with Crippen LogP contribution in [-0.4, -0.2) is 32.7 Å². The Morgan fingerprint density at radius 3 is 2.77 bits per heavy atom. The minimum atomic E-state index is -0.868. The highest BCUT2D eigenvalue weighted by molar-refractivity contribution is 6.30. The van der Waals surface area contributed by atoms with Crippen LogP contribution < -0.4 is 16.2 Å². The van der Waals surface area contributed by atoms with Crippen LogP contribution in [0.15, 0.2) is 47.3 Å². The number of carbonyl (C=O) groups is 3. The average molecular weight is 440 g/mol. The van der Waals surface area contributed by atoms with E-state index in [1.54, 1.807) is 36.4 Å². The molecule has 0 spiro atoms. The molecule has 0 radical (unpaired) electrons. The number of halogens is 1. The molecule has 2 heterocycles. The van der Waals surface area contributed by atoms with Gasteiger partial charge in [-0.1, -0.05) is 35.0 Å². The lowest BCUT2D eigenvalue weighted by Crippen LogP contribution is -2.45. The Hall–Kier alpha value is -3.59. The number of carbonyl (C=O) groups excluding carboxylic acids is 3. The van der Waals surface area contributed by atoms with Crippen LogP contribution in [-0.2, 0) is 27.3 Å². The van der Waals surface area contributed by atoms with Crippen molar-refractivity contribution in [3.05, 3.63) is 69.0 Å². The fourth-order valence-corrected chi connectivity index (χ4v) is 3.64. The maximum Gasteiger partial charge on any atom is 0.278 e. The molecule has 1 aromatic heterocycles. The molecule has 1 fully saturated rings. The summed E-state index contributed by atoms with van der Waals surface area (Å²) in [5, 5.41) is 13.8. The van der Waals surface area contributed by atoms with Gasteiger partial charge in [-0.25, -0.2) is 0 Å². The van der Waals surface area contributed by atoms with E-state index < -0.39 is 17.5 Å². The predicted molar refractivity (Wildman–Crippen MR) is 112 cm³/mol. The summed E-state index contributed by atoms with van der Waals surface area (Å²) in [6, 6.07) is 11.2. The third kappa shape index (κ3) is 4.61. The van der Waals surface area contributed by atoms with E-state index in [1.807, 2.05) is 6.07 Å². The van der Waals surface area contributed by atoms with Crippen LogP contribution in [0.25, 0.3) is 10.9 Å². The summed E-state index contributed by atoms with van der Waals surface area (Å²) in [5.41, 5.74) is 1.45. The van der Waals surface area contributed by atoms with Gasteiger partial charge < -0.3 is 5.32 Å². The fraction of sp³-hybridized carbons (Fsp3) is 0.238. The monoisotopic (exact) mass is 439 g/mol. The fourth-order valence-electron chi connectivity index (χ4n) is 3.43. The molecule has 0 saturated carbocycles. The van der Waals surface area contributed by atoms with Crippen molar-refractivity contribution in [2.75, 3.05) is 0 Å². The number of hydrogen-bond donors (Lipinski definition) is 2. The topological polar surface area (TPSA) is 123 Å². The van der Waals surface area contributed by atoms with Crippen molar-refractivity contribution < 1.29 is 14.4 Å². The Balaban J connectivity index is 1.47. The molecule has 3 amide bonds. The van der Waals surface area contributed by atoms with E-state index in [1.165, 1.54) is 0 Å². The van der Waals surface area contributed by atoms with E-state index in [4.69, 9.17) is 11.6 Å². The number of benzene rings is 2. The van der Waals surface area contributed by atoms with Crippen molar-refractivity contribution in [1.29, 1.82) is 0 Å². The van der Waals surface area contributed by atoms with Crippen LogP contribution in [0.4, 0.5) is 0 Å². The molecule has 31 heavy (non-hydrogen) atoms. The lowest BCUT2D eigenvalue weighted by atomic mass is 10.1. The highest BCUT2D eigenvalue weighted by Crippen LogP contribution is 2.17. The van der Waals surface area contributed by atoms with Crippen molar-refractivity contribution in [3.8, 4) is 0 Å². The molecule has 10 heteroatoms. The standard InChI is InChI=1S/C21H18ClN5O4/c22-14-3-1-2-12(8-14)10-19(29)23-11-13-4-5-15-16(9-13)25-26-27(21(15)31)17-6-7-18(28)24-20(17)30/h1-5,8-9,17H,6-7,10-11H2,(H,23,29)(H,24,28,30). The Kier molecular flexibility index (Phi) is 5.77. The maximum absolute atomic E-state index is 12.8. The first kappa shape index (κ1) is 20.7. The minimum absolute atomic E-state index is 0.135. The van der Waals surface area contributed by atoms with E-state index >= 15 is 0 Å². The molecule has 0 bridgehead atoms. The van der Waals surface area contributed by atoms with Gasteiger partial charge in [0.15, 0.2) is 0 Å². The van der Waals surface area contributed by atoms with Crippen LogP contribution in [0.1, 0.15) is 30.0 Å². The summed E-state index contributed by atoms with van der Waals surface area (Å²) in [7, 11) is 0. The molecular weight excluding hydrogens is 422 g/mol. The minimum Gasteiger partial charge on any atom is -0.352 e. The Labute approximate surface area is 181 Å². The Morgan fingerprint density at radius 1 is 1.16 bits per heavy atom. The second kappa shape index (κ2) is 8.65. The lowest BCUT2D eigenvalue weighted by molar-refractivity contribution is -0.136. The Bertz CT molecular complexity index is 1260. The largest absolute Gasteiger partial charge is 0.352 e. The van der Waals surface area contributed by atoms with Gasteiger partial charge in [-0.05, 0) is 41.8 Å². The van der Waals surface area contributed by atoms with E-state index in [0.717, 1.165) is 15.8 Å². The zero-order chi connectivity index (χ0) is 22.0. The molecule has 2 aromatic carbocycles. The van der Waals surface area contributed by atoms with Crippen LogP contribution in [0, 0.1) is 0 Å². The van der Waals surface area contributed by atoms with Crippen molar-refractivity contribution in [2.24, 2.45) is 0 Å². The SMILES string of the molecule is O=C(Cc1cccc(Cl)c1)NCc1ccc2c(=O)n(C3CCC(=O)NC3=O)nnc2c1. The number of nitrogens with zero attached hydrogens (tertiary/aromatic N) is 3. The molecule has 2 N–H and O–H groups in total. The number of imide groups is 1. The second-order valence-corrected chi connectivity index (χ2v) is 7.68. The van der Waals surface area contributed by atoms with E-state index in [9.17, 15) is 19.2 Å². The molecule has 1 atom stereocenters. The van der Waals surface area contributed by atoms with Crippen LogP contribution in [0.5, 0.6) is 0 Å². The molecular formula is C21H18ClN5O4. The highest BCUT2D eigenvalue weighted by Gasteiger charge is 2.30. The van der Waals surface area contributed by atoms with Gasteiger partial charge in [0.1, 0.15) is 11.6 Å². The number of piperidine rings is 1. The highest BCUT2D eigenvalue weighted by atomic mass is 35.5. The summed E-state index contributed by atoms with van der Waals surface area (Å²) in [6.07, 6.45) is 0.530. The molecule has 9 nitrogen and oxygen atoms in total. The molecule has 1 aliphatic heterocycles. The zero-order valence-electron chi connectivity index (χ0n) is 16.3. The molecule has 0 aliphatic carbocycles. The van der Waals surface area contributed by atoms with E-state index in [-0.39, 0.29) is 37.6 Å². The van der Waals surface area contributed by atoms with Gasteiger partial charge in [-0.15, -0.1) is 5.10 Å². The van der Waals surface area contributed by atoms with E-state index in [2.05, 4.69) is 20.9 Å². The number of aromatic nitrogens is 3. The number of nitrogens with one attached hydrogen (secondary N) is 2. The van der Waals surface area contributed by atoms with E-state index in [0.29, 0.717) is 15.9 Å². The predicted octanol–water partition coefficient (Wildman–Crippen LogP) is 1.28. The van der Waals surface area contributed by atoms with Gasteiger partial charge in [0.2, 0.25) is 11.8 Å². The molecule has 4 rings (SSSR count). The van der Waals surface area contributed by atoms with Gasteiger partial charge in [0.05, 0.1) is 11.8 Å². The van der Waals surface area contributed by atoms with Gasteiger partial charge in [0.25, 0.3) is 11.5 Å². The van der Waals surface area contributed by atoms with Gasteiger partial charge in [-0.2, -0.15) is 4.68 Å². The Morgan fingerprint density at radius 2 is 2.00 bits per heavy atom. The number of amides is 3. The summed E-state index contributed by atoms with van der Waals surface area (Å²) in [5.74, 6) is -1.10. The molecule has 158 valence electrons. The van der Waals surface area contributed by atoms with Crippen LogP contribution >= 0.6 is 11.6 Å². The molecule has 1 aliphatic rings. The quantitative estimate of drug-likeness (QED) is 0.577. The average Bonchev–Trinajstić information content (AvgIpc) is 2.73. The first-order chi connectivity index (χ1) is 14.9. The third-order valence-electron chi connectivity index (χ3n) is 5.00. The van der Waals surface area contributed by atoms with Gasteiger partial charge in [0, 0.05) is 18.0 Å². The maximum atomic E-state index is 12.8. The smallest absolute Gasteiger partial charge is 0.278 e. The lowest BCUT2D eigenvalue weighted by Gasteiger charge is -2.21. The van der Waals surface area contributed by atoms with Crippen molar-refractivity contribution in [1.82, 2.24) is 25.6 Å². The van der Waals surface area contributed by atoms with Crippen molar-refractivity contribution in [3.63, 3.8) is 0 Å². The second-order valence-electron chi connectivity index (χ2n) is 7.24. The van der Waals surface area contributed by atoms with Crippen LogP contribution in [0.3, 0.4) is 0 Å². The molecule has 3 aromatic rings. The third-order valence-corrected chi connectivity index (χ3v) is 5.23. The zero-order valence-corrected chi connectivity index (χ0v) is 17.1. The summed E-state index contributed by atoms with van der Waals surface area (Å²) >= 11 is 5.94. The summed E-state index contributed by atoms with van der Waals surface area (Å²) in [6.45, 7) is 0.257. The number of rotatable bonds is 5. The van der Waals surface area contributed by atoms with Gasteiger partial charge >= 0.3 is 0 Å². The van der Waals surface area contributed by atoms with Gasteiger partial charge in [-0.3, -0.25) is 24.5 Å². The van der Waals surface area contributed by atoms with Crippen LogP contribution in [0.2, 0.25) is 5.02 Å². The normalized spacial score (nSPS) is 16.2. The molecule has 1 unspecified atom stereocenters. The summed E-state index contributed by atoms with van der Waals surface area (Å²) < 4.78 is 1.01. The first-order valence-electron chi connectivity index (χ1n) is 9.63. The number of fused-ring (bicyclic) bond motifs is 1. The van der Waals surface area contributed by atoms with Crippen molar-refractivity contribution in [2.45, 2.75) is 31.8 Å². The first-order valence-corrected chi connectivity index (χ1v) is 10.0. The molecule has 1 saturated heterocycles. The number of hydrogen-bond acceptors (Lipinski definition) is 6.